The molecule has 7 heteroatoms. The van der Waals surface area contributed by atoms with E-state index in [-0.39, 0.29) is 16.1 Å². The van der Waals surface area contributed by atoms with Crippen molar-refractivity contribution in [2.75, 3.05) is 7.11 Å². The molecule has 0 bridgehead atoms. The fourth-order valence-corrected chi connectivity index (χ4v) is 2.32. The fraction of sp³-hybridized carbons (Fsp3) is 0.0833. The van der Waals surface area contributed by atoms with E-state index in [1.54, 1.807) is 0 Å². The van der Waals surface area contributed by atoms with Crippen LogP contribution in [0.3, 0.4) is 0 Å². The SMILES string of the molecule is COC(=O)c1nc(Cl)c(-c2ccc(Br)cc2)c(Cl)n1. The third kappa shape index (κ3) is 3.05. The number of hydrogen-bond donors (Lipinski definition) is 0. The van der Waals surface area contributed by atoms with Crippen LogP contribution >= 0.6 is 39.1 Å². The lowest BCUT2D eigenvalue weighted by atomic mass is 10.1. The highest BCUT2D eigenvalue weighted by atomic mass is 79.9. The van der Waals surface area contributed by atoms with Crippen molar-refractivity contribution < 1.29 is 9.53 Å². The Labute approximate surface area is 127 Å². The summed E-state index contributed by atoms with van der Waals surface area (Å²) >= 11 is 15.4. The van der Waals surface area contributed by atoms with Gasteiger partial charge in [0.05, 0.1) is 12.7 Å². The molecule has 0 fully saturated rings. The average molecular weight is 362 g/mol. The highest BCUT2D eigenvalue weighted by Gasteiger charge is 2.18. The van der Waals surface area contributed by atoms with Crippen LogP contribution in [0.5, 0.6) is 0 Å². The van der Waals surface area contributed by atoms with Gasteiger partial charge < -0.3 is 4.74 Å². The van der Waals surface area contributed by atoms with Gasteiger partial charge in [-0.15, -0.1) is 0 Å². The topological polar surface area (TPSA) is 52.1 Å². The summed E-state index contributed by atoms with van der Waals surface area (Å²) in [6.45, 7) is 0. The van der Waals surface area contributed by atoms with Crippen molar-refractivity contribution in [2.45, 2.75) is 0 Å². The van der Waals surface area contributed by atoms with Gasteiger partial charge in [0.25, 0.3) is 0 Å². The molecule has 1 aromatic heterocycles. The Hall–Kier alpha value is -1.17. The second kappa shape index (κ2) is 5.86. The molecule has 2 aromatic rings. The monoisotopic (exact) mass is 360 g/mol. The number of carbonyl (C=O) groups excluding carboxylic acids is 1. The summed E-state index contributed by atoms with van der Waals surface area (Å²) in [4.78, 5) is 19.1. The summed E-state index contributed by atoms with van der Waals surface area (Å²) < 4.78 is 5.45. The first-order valence-corrected chi connectivity index (χ1v) is 6.65. The molecule has 0 atom stereocenters. The Balaban J connectivity index is 2.53. The van der Waals surface area contributed by atoms with Crippen molar-refractivity contribution in [3.05, 3.63) is 44.9 Å². The average Bonchev–Trinajstić information content (AvgIpc) is 2.39. The first kappa shape index (κ1) is 14.2. The fourth-order valence-electron chi connectivity index (χ4n) is 1.45. The molecule has 0 radical (unpaired) electrons. The van der Waals surface area contributed by atoms with Gasteiger partial charge >= 0.3 is 5.97 Å². The molecular formula is C12H7BrCl2N2O2. The van der Waals surface area contributed by atoms with Crippen molar-refractivity contribution in [1.29, 1.82) is 0 Å². The predicted molar refractivity (Wildman–Crippen MR) is 76.5 cm³/mol. The molecule has 1 aromatic carbocycles. The smallest absolute Gasteiger partial charge is 0.376 e. The lowest BCUT2D eigenvalue weighted by Crippen LogP contribution is -2.08. The normalized spacial score (nSPS) is 10.3. The quantitative estimate of drug-likeness (QED) is 0.599. The molecule has 1 heterocycles. The van der Waals surface area contributed by atoms with Gasteiger partial charge in [-0.05, 0) is 17.7 Å². The number of benzene rings is 1. The van der Waals surface area contributed by atoms with Gasteiger partial charge in [-0.1, -0.05) is 51.3 Å². The van der Waals surface area contributed by atoms with E-state index in [1.807, 2.05) is 24.3 Å². The molecule has 0 saturated carbocycles. The Morgan fingerprint density at radius 3 is 2.16 bits per heavy atom. The van der Waals surface area contributed by atoms with Gasteiger partial charge in [-0.25, -0.2) is 14.8 Å². The number of aromatic nitrogens is 2. The lowest BCUT2D eigenvalue weighted by molar-refractivity contribution is 0.0586. The zero-order valence-corrected chi connectivity index (χ0v) is 12.8. The van der Waals surface area contributed by atoms with E-state index in [0.717, 1.165) is 10.0 Å². The number of hydrogen-bond acceptors (Lipinski definition) is 4. The van der Waals surface area contributed by atoms with Crippen LogP contribution in [0.2, 0.25) is 10.3 Å². The minimum Gasteiger partial charge on any atom is -0.463 e. The summed E-state index contributed by atoms with van der Waals surface area (Å²) in [5, 5.41) is 0.199. The van der Waals surface area contributed by atoms with Gasteiger partial charge in [0, 0.05) is 4.47 Å². The zero-order valence-electron chi connectivity index (χ0n) is 9.65. The third-order valence-electron chi connectivity index (χ3n) is 2.32. The zero-order chi connectivity index (χ0) is 14.0. The maximum absolute atomic E-state index is 11.3. The summed E-state index contributed by atoms with van der Waals surface area (Å²) in [5.41, 5.74) is 1.23. The minimum absolute atomic E-state index is 0.0997. The maximum atomic E-state index is 11.3. The Kier molecular flexibility index (Phi) is 4.39. The van der Waals surface area contributed by atoms with Crippen LogP contribution in [-0.2, 0) is 4.74 Å². The molecule has 0 N–H and O–H groups in total. The number of ether oxygens (including phenoxy) is 1. The summed E-state index contributed by atoms with van der Waals surface area (Å²) in [6, 6.07) is 7.32. The minimum atomic E-state index is -0.689. The van der Waals surface area contributed by atoms with Crippen LogP contribution in [0.25, 0.3) is 11.1 Å². The van der Waals surface area contributed by atoms with Gasteiger partial charge in [0.15, 0.2) is 0 Å². The molecule has 4 nitrogen and oxygen atoms in total. The molecule has 19 heavy (non-hydrogen) atoms. The number of carbonyl (C=O) groups is 1. The molecule has 0 aliphatic heterocycles. The number of halogens is 3. The van der Waals surface area contributed by atoms with Gasteiger partial charge in [-0.2, -0.15) is 0 Å². The standard InChI is InChI=1S/C12H7BrCl2N2O2/c1-19-12(18)11-16-9(14)8(10(15)17-11)6-2-4-7(13)5-3-6/h2-5H,1H3. The number of methoxy groups -OCH3 is 1. The highest BCUT2D eigenvalue weighted by molar-refractivity contribution is 9.10. The van der Waals surface area contributed by atoms with Crippen LogP contribution in [0, 0.1) is 0 Å². The van der Waals surface area contributed by atoms with E-state index >= 15 is 0 Å². The van der Waals surface area contributed by atoms with E-state index in [1.165, 1.54) is 7.11 Å². The van der Waals surface area contributed by atoms with Gasteiger partial charge in [0.1, 0.15) is 10.3 Å². The summed E-state index contributed by atoms with van der Waals surface area (Å²) in [5.74, 6) is -0.857. The van der Waals surface area contributed by atoms with Crippen LogP contribution < -0.4 is 0 Å². The van der Waals surface area contributed by atoms with Gasteiger partial charge in [-0.3, -0.25) is 0 Å². The molecule has 0 saturated heterocycles. The van der Waals surface area contributed by atoms with Crippen LogP contribution in [0.4, 0.5) is 0 Å². The Bertz CT molecular complexity index is 609. The van der Waals surface area contributed by atoms with E-state index < -0.39 is 5.97 Å². The molecule has 2 rings (SSSR count). The molecule has 98 valence electrons. The molecule has 0 aliphatic carbocycles. The summed E-state index contributed by atoms with van der Waals surface area (Å²) in [7, 11) is 1.23. The molecule has 0 aliphatic rings. The van der Waals surface area contributed by atoms with E-state index in [4.69, 9.17) is 23.2 Å². The van der Waals surface area contributed by atoms with Gasteiger partial charge in [0.2, 0.25) is 5.82 Å². The van der Waals surface area contributed by atoms with Crippen LogP contribution in [0.15, 0.2) is 28.7 Å². The first-order chi connectivity index (χ1) is 9.02. The molecule has 0 spiro atoms. The third-order valence-corrected chi connectivity index (χ3v) is 3.40. The van der Waals surface area contributed by atoms with E-state index in [2.05, 4.69) is 30.6 Å². The predicted octanol–water partition coefficient (Wildman–Crippen LogP) is 4.00. The van der Waals surface area contributed by atoms with E-state index in [9.17, 15) is 4.79 Å². The van der Waals surface area contributed by atoms with E-state index in [0.29, 0.717) is 5.56 Å². The maximum Gasteiger partial charge on any atom is 0.376 e. The Morgan fingerprint density at radius 1 is 1.16 bits per heavy atom. The van der Waals surface area contributed by atoms with Crippen molar-refractivity contribution in [1.82, 2.24) is 9.97 Å². The Morgan fingerprint density at radius 2 is 1.68 bits per heavy atom. The highest BCUT2D eigenvalue weighted by Crippen LogP contribution is 2.33. The number of esters is 1. The van der Waals surface area contributed by atoms with Crippen molar-refractivity contribution in [3.8, 4) is 11.1 Å². The second-order valence-corrected chi connectivity index (χ2v) is 5.13. The number of nitrogens with zero attached hydrogens (tertiary/aromatic N) is 2. The largest absolute Gasteiger partial charge is 0.463 e. The van der Waals surface area contributed by atoms with Crippen molar-refractivity contribution >= 4 is 45.1 Å². The molecular weight excluding hydrogens is 355 g/mol. The molecule has 0 amide bonds. The lowest BCUT2D eigenvalue weighted by Gasteiger charge is -2.07. The second-order valence-electron chi connectivity index (χ2n) is 3.50. The van der Waals surface area contributed by atoms with Crippen LogP contribution in [-0.4, -0.2) is 23.0 Å². The summed E-state index contributed by atoms with van der Waals surface area (Å²) in [6.07, 6.45) is 0. The van der Waals surface area contributed by atoms with Crippen LogP contribution in [0.1, 0.15) is 10.6 Å². The van der Waals surface area contributed by atoms with Crippen molar-refractivity contribution in [2.24, 2.45) is 0 Å². The first-order valence-electron chi connectivity index (χ1n) is 5.10. The molecule has 0 unspecified atom stereocenters. The number of rotatable bonds is 2. The van der Waals surface area contributed by atoms with Crippen molar-refractivity contribution in [3.63, 3.8) is 0 Å².